The van der Waals surface area contributed by atoms with E-state index in [0.29, 0.717) is 4.90 Å². The van der Waals surface area contributed by atoms with E-state index in [1.165, 1.54) is 9.87 Å². The van der Waals surface area contributed by atoms with Crippen LogP contribution in [-0.4, -0.2) is 31.4 Å². The largest absolute Gasteiger partial charge is 0.316 e. The number of hydrogen-bond donors (Lipinski definition) is 0. The smallest absolute Gasteiger partial charge is 0.242 e. The maximum atomic E-state index is 12.4. The van der Waals surface area contributed by atoms with Crippen LogP contribution in [0.1, 0.15) is 31.7 Å². The predicted octanol–water partition coefficient (Wildman–Crippen LogP) is 5.20. The number of unbranched alkanes of at least 4 members (excludes halogenated alkanes) is 2. The Morgan fingerprint density at radius 1 is 1.00 bits per heavy atom. The van der Waals surface area contributed by atoms with Crippen LogP contribution in [0.3, 0.4) is 0 Å². The molecule has 0 aliphatic heterocycles. The van der Waals surface area contributed by atoms with Gasteiger partial charge < -0.3 is 4.57 Å². The Morgan fingerprint density at radius 3 is 2.27 bits per heavy atom. The molecule has 0 saturated heterocycles. The van der Waals surface area contributed by atoms with Crippen molar-refractivity contribution in [2.45, 2.75) is 44.6 Å². The van der Waals surface area contributed by atoms with Gasteiger partial charge in [0.25, 0.3) is 0 Å². The lowest BCUT2D eigenvalue weighted by atomic mass is 10.1. The van der Waals surface area contributed by atoms with E-state index in [0.717, 1.165) is 47.6 Å². The summed E-state index contributed by atoms with van der Waals surface area (Å²) in [6.45, 7) is 5.15. The summed E-state index contributed by atoms with van der Waals surface area (Å²) in [5.74, 6) is 0. The van der Waals surface area contributed by atoms with Crippen molar-refractivity contribution in [3.63, 3.8) is 0 Å². The Morgan fingerprint density at radius 2 is 1.67 bits per heavy atom. The highest BCUT2D eigenvalue weighted by Crippen LogP contribution is 2.24. The van der Waals surface area contributed by atoms with Crippen molar-refractivity contribution in [3.8, 4) is 11.3 Å². The maximum Gasteiger partial charge on any atom is 0.242 e. The molecule has 0 saturated carbocycles. The minimum Gasteiger partial charge on any atom is -0.316 e. The van der Waals surface area contributed by atoms with Crippen LogP contribution in [-0.2, 0) is 16.6 Å². The highest BCUT2D eigenvalue weighted by Gasteiger charge is 2.17. The van der Waals surface area contributed by atoms with Gasteiger partial charge in [0.05, 0.1) is 16.3 Å². The zero-order valence-corrected chi connectivity index (χ0v) is 19.6. The van der Waals surface area contributed by atoms with Gasteiger partial charge in [-0.2, -0.15) is 0 Å². The number of hydrogen-bond acceptors (Lipinski definition) is 4. The normalized spacial score (nSPS) is 12.6. The standard InChI is InChI=1S/C23H29N3O2S2/c1-5-6-7-16-26-22(17-29-23(26)24-20-12-8-18(2)9-13-20)19-10-14-21(15-11-19)30(27,28)25(3)4/h8-15,17H,5-7,16H2,1-4H3. The summed E-state index contributed by atoms with van der Waals surface area (Å²) in [6.07, 6.45) is 3.39. The van der Waals surface area contributed by atoms with Crippen LogP contribution < -0.4 is 4.80 Å². The first-order valence-electron chi connectivity index (χ1n) is 10.2. The molecular formula is C23H29N3O2S2. The van der Waals surface area contributed by atoms with E-state index in [9.17, 15) is 8.42 Å². The van der Waals surface area contributed by atoms with Crippen LogP contribution in [0.4, 0.5) is 5.69 Å². The molecule has 0 fully saturated rings. The van der Waals surface area contributed by atoms with Crippen LogP contribution in [0.25, 0.3) is 11.3 Å². The fourth-order valence-electron chi connectivity index (χ4n) is 3.12. The molecule has 5 nitrogen and oxygen atoms in total. The van der Waals surface area contributed by atoms with E-state index in [1.54, 1.807) is 37.6 Å². The first kappa shape index (κ1) is 22.5. The summed E-state index contributed by atoms with van der Waals surface area (Å²) in [4.78, 5) is 6.12. The van der Waals surface area contributed by atoms with Crippen LogP contribution in [0.5, 0.6) is 0 Å². The lowest BCUT2D eigenvalue weighted by molar-refractivity contribution is 0.521. The lowest BCUT2D eigenvalue weighted by Crippen LogP contribution is -2.22. The van der Waals surface area contributed by atoms with Crippen molar-refractivity contribution in [1.29, 1.82) is 0 Å². The predicted molar refractivity (Wildman–Crippen MR) is 125 cm³/mol. The Kier molecular flexibility index (Phi) is 7.28. The zero-order chi connectivity index (χ0) is 21.7. The summed E-state index contributed by atoms with van der Waals surface area (Å²) in [5, 5.41) is 2.11. The quantitative estimate of drug-likeness (QED) is 0.450. The molecular weight excluding hydrogens is 414 g/mol. The highest BCUT2D eigenvalue weighted by molar-refractivity contribution is 7.89. The molecule has 0 amide bonds. The van der Waals surface area contributed by atoms with E-state index in [4.69, 9.17) is 4.99 Å². The van der Waals surface area contributed by atoms with Gasteiger partial charge in [-0.05, 0) is 43.2 Å². The summed E-state index contributed by atoms with van der Waals surface area (Å²) in [6, 6.07) is 15.3. The van der Waals surface area contributed by atoms with Gasteiger partial charge in [0.1, 0.15) is 0 Å². The van der Waals surface area contributed by atoms with Gasteiger partial charge in [-0.1, -0.05) is 49.6 Å². The third kappa shape index (κ3) is 5.09. The molecule has 7 heteroatoms. The molecule has 1 aromatic heterocycles. The number of sulfonamides is 1. The van der Waals surface area contributed by atoms with Gasteiger partial charge >= 0.3 is 0 Å². The molecule has 0 atom stereocenters. The van der Waals surface area contributed by atoms with Gasteiger partial charge in [-0.25, -0.2) is 17.7 Å². The summed E-state index contributed by atoms with van der Waals surface area (Å²) in [5.41, 5.74) is 4.21. The average molecular weight is 444 g/mol. The molecule has 3 aromatic rings. The third-order valence-corrected chi connectivity index (χ3v) is 7.66. The van der Waals surface area contributed by atoms with E-state index >= 15 is 0 Å². The van der Waals surface area contributed by atoms with Crippen molar-refractivity contribution >= 4 is 27.0 Å². The van der Waals surface area contributed by atoms with E-state index < -0.39 is 10.0 Å². The van der Waals surface area contributed by atoms with E-state index in [1.807, 2.05) is 24.3 Å². The maximum absolute atomic E-state index is 12.4. The molecule has 30 heavy (non-hydrogen) atoms. The van der Waals surface area contributed by atoms with Crippen LogP contribution in [0.15, 0.2) is 63.8 Å². The topological polar surface area (TPSA) is 54.7 Å². The van der Waals surface area contributed by atoms with Crippen LogP contribution in [0, 0.1) is 6.92 Å². The lowest BCUT2D eigenvalue weighted by Gasteiger charge is -2.12. The van der Waals surface area contributed by atoms with Crippen LogP contribution >= 0.6 is 11.3 Å². The minimum atomic E-state index is -3.43. The number of aromatic nitrogens is 1. The minimum absolute atomic E-state index is 0.300. The number of aryl methyl sites for hydroxylation is 1. The average Bonchev–Trinajstić information content (AvgIpc) is 3.12. The fraction of sp³-hybridized carbons (Fsp3) is 0.348. The Bertz CT molecular complexity index is 1140. The van der Waals surface area contributed by atoms with Crippen molar-refractivity contribution in [3.05, 3.63) is 64.3 Å². The first-order chi connectivity index (χ1) is 14.3. The van der Waals surface area contributed by atoms with Crippen LogP contribution in [0.2, 0.25) is 0 Å². The summed E-state index contributed by atoms with van der Waals surface area (Å²) < 4.78 is 28.2. The van der Waals surface area contributed by atoms with Crippen molar-refractivity contribution in [1.82, 2.24) is 8.87 Å². The molecule has 3 rings (SSSR count). The van der Waals surface area contributed by atoms with Gasteiger partial charge in [0, 0.05) is 26.0 Å². The van der Waals surface area contributed by atoms with Crippen molar-refractivity contribution in [2.24, 2.45) is 4.99 Å². The van der Waals surface area contributed by atoms with E-state index in [2.05, 4.69) is 35.9 Å². The first-order valence-corrected chi connectivity index (χ1v) is 12.5. The molecule has 2 aromatic carbocycles. The Labute approximate surface area is 183 Å². The van der Waals surface area contributed by atoms with E-state index in [-0.39, 0.29) is 0 Å². The van der Waals surface area contributed by atoms with Gasteiger partial charge in [-0.15, -0.1) is 11.3 Å². The SMILES string of the molecule is CCCCCn1c(-c2ccc(S(=O)(=O)N(C)C)cc2)csc1=Nc1ccc(C)cc1. The summed E-state index contributed by atoms with van der Waals surface area (Å²) >= 11 is 1.61. The third-order valence-electron chi connectivity index (χ3n) is 4.97. The molecule has 0 N–H and O–H groups in total. The molecule has 0 unspecified atom stereocenters. The van der Waals surface area contributed by atoms with Crippen molar-refractivity contribution < 1.29 is 8.42 Å². The van der Waals surface area contributed by atoms with Gasteiger partial charge in [0.15, 0.2) is 4.80 Å². The zero-order valence-electron chi connectivity index (χ0n) is 18.0. The molecule has 0 spiro atoms. The van der Waals surface area contributed by atoms with Gasteiger partial charge in [-0.3, -0.25) is 0 Å². The summed E-state index contributed by atoms with van der Waals surface area (Å²) in [7, 11) is -0.343. The number of thiazole rings is 1. The number of benzene rings is 2. The molecule has 0 bridgehead atoms. The molecule has 160 valence electrons. The molecule has 1 heterocycles. The Hall–Kier alpha value is -2.22. The molecule has 0 radical (unpaired) electrons. The van der Waals surface area contributed by atoms with Crippen molar-refractivity contribution in [2.75, 3.05) is 14.1 Å². The molecule has 0 aliphatic carbocycles. The highest BCUT2D eigenvalue weighted by atomic mass is 32.2. The fourth-order valence-corrected chi connectivity index (χ4v) is 4.98. The number of nitrogens with zero attached hydrogens (tertiary/aromatic N) is 3. The second-order valence-electron chi connectivity index (χ2n) is 7.52. The monoisotopic (exact) mass is 443 g/mol. The van der Waals surface area contributed by atoms with Gasteiger partial charge in [0.2, 0.25) is 10.0 Å². The molecule has 0 aliphatic rings. The second-order valence-corrected chi connectivity index (χ2v) is 10.5. The Balaban J connectivity index is 2.02. The number of rotatable bonds is 8. The second kappa shape index (κ2) is 9.73.